The van der Waals surface area contributed by atoms with Gasteiger partial charge in [-0.1, -0.05) is 11.6 Å². The van der Waals surface area contributed by atoms with Gasteiger partial charge in [-0.3, -0.25) is 0 Å². The van der Waals surface area contributed by atoms with Gasteiger partial charge in [0.05, 0.1) is 11.0 Å². The SMILES string of the molecule is Nc1nc2cc(Cl)ccc2n1N. The Kier molecular flexibility index (Phi) is 1.38. The lowest BCUT2D eigenvalue weighted by atomic mass is 10.3. The van der Waals surface area contributed by atoms with Crippen LogP contribution in [0.25, 0.3) is 11.0 Å². The average Bonchev–Trinajstić information content (AvgIpc) is 2.28. The van der Waals surface area contributed by atoms with Gasteiger partial charge in [-0.25, -0.2) is 9.66 Å². The molecule has 1 aromatic heterocycles. The largest absolute Gasteiger partial charge is 0.368 e. The molecule has 2 aromatic rings. The molecule has 62 valence electrons. The molecule has 4 nitrogen and oxygen atoms in total. The lowest BCUT2D eigenvalue weighted by Gasteiger charge is -1.94. The van der Waals surface area contributed by atoms with Crippen molar-refractivity contribution in [2.24, 2.45) is 0 Å². The molecule has 0 saturated heterocycles. The Morgan fingerprint density at radius 1 is 1.42 bits per heavy atom. The lowest BCUT2D eigenvalue weighted by Crippen LogP contribution is -2.11. The quantitative estimate of drug-likeness (QED) is 0.597. The summed E-state index contributed by atoms with van der Waals surface area (Å²) in [5.74, 6) is 5.86. The van der Waals surface area contributed by atoms with E-state index in [0.717, 1.165) is 5.52 Å². The van der Waals surface area contributed by atoms with E-state index in [4.69, 9.17) is 23.2 Å². The van der Waals surface area contributed by atoms with E-state index < -0.39 is 0 Å². The Labute approximate surface area is 73.7 Å². The van der Waals surface area contributed by atoms with Crippen LogP contribution in [0.3, 0.4) is 0 Å². The fourth-order valence-corrected chi connectivity index (χ4v) is 1.26. The Balaban J connectivity index is 2.87. The minimum Gasteiger partial charge on any atom is -0.368 e. The second-order valence-electron chi connectivity index (χ2n) is 2.47. The van der Waals surface area contributed by atoms with E-state index in [-0.39, 0.29) is 5.95 Å². The van der Waals surface area contributed by atoms with Crippen molar-refractivity contribution in [1.29, 1.82) is 0 Å². The zero-order valence-corrected chi connectivity index (χ0v) is 6.92. The Morgan fingerprint density at radius 2 is 2.17 bits per heavy atom. The zero-order chi connectivity index (χ0) is 8.72. The minimum atomic E-state index is 0.285. The van der Waals surface area contributed by atoms with Crippen LogP contribution in [-0.2, 0) is 0 Å². The van der Waals surface area contributed by atoms with Crippen molar-refractivity contribution in [3.8, 4) is 0 Å². The van der Waals surface area contributed by atoms with E-state index >= 15 is 0 Å². The highest BCUT2D eigenvalue weighted by molar-refractivity contribution is 6.31. The summed E-state index contributed by atoms with van der Waals surface area (Å²) in [6.07, 6.45) is 0. The Morgan fingerprint density at radius 3 is 2.92 bits per heavy atom. The molecule has 5 heteroatoms. The van der Waals surface area contributed by atoms with Crippen LogP contribution in [0.1, 0.15) is 0 Å². The number of nitrogens with two attached hydrogens (primary N) is 2. The number of aromatic nitrogens is 2. The fourth-order valence-electron chi connectivity index (χ4n) is 1.09. The van der Waals surface area contributed by atoms with E-state index in [2.05, 4.69) is 4.98 Å². The highest BCUT2D eigenvalue weighted by atomic mass is 35.5. The number of hydrogen-bond acceptors (Lipinski definition) is 3. The summed E-state index contributed by atoms with van der Waals surface area (Å²) >= 11 is 5.75. The van der Waals surface area contributed by atoms with Crippen molar-refractivity contribution in [3.05, 3.63) is 23.2 Å². The molecule has 2 rings (SSSR count). The van der Waals surface area contributed by atoms with E-state index in [1.807, 2.05) is 0 Å². The summed E-state index contributed by atoms with van der Waals surface area (Å²) < 4.78 is 1.33. The van der Waals surface area contributed by atoms with Crippen molar-refractivity contribution >= 4 is 28.6 Å². The van der Waals surface area contributed by atoms with Crippen LogP contribution in [0.5, 0.6) is 0 Å². The van der Waals surface area contributed by atoms with E-state index in [1.165, 1.54) is 4.68 Å². The zero-order valence-electron chi connectivity index (χ0n) is 6.16. The maximum Gasteiger partial charge on any atom is 0.220 e. The number of fused-ring (bicyclic) bond motifs is 1. The van der Waals surface area contributed by atoms with Crippen molar-refractivity contribution in [3.63, 3.8) is 0 Å². The molecule has 0 unspecified atom stereocenters. The molecular formula is C7H7ClN4. The highest BCUT2D eigenvalue weighted by Crippen LogP contribution is 2.19. The van der Waals surface area contributed by atoms with Gasteiger partial charge in [0.25, 0.3) is 0 Å². The minimum absolute atomic E-state index is 0.285. The fraction of sp³-hybridized carbons (Fsp3) is 0. The molecule has 0 amide bonds. The molecule has 1 heterocycles. The van der Waals surface area contributed by atoms with Crippen molar-refractivity contribution in [1.82, 2.24) is 9.66 Å². The standard InChI is InChI=1S/C7H7ClN4/c8-4-1-2-6-5(3-4)11-7(9)12(6)10/h1-3H,10H2,(H2,9,11). The van der Waals surface area contributed by atoms with Crippen LogP contribution < -0.4 is 11.6 Å². The van der Waals surface area contributed by atoms with Gasteiger partial charge in [-0.05, 0) is 18.2 Å². The van der Waals surface area contributed by atoms with E-state index in [9.17, 15) is 0 Å². The second kappa shape index (κ2) is 2.28. The third kappa shape index (κ3) is 0.887. The Bertz CT molecular complexity index is 434. The number of nitrogens with zero attached hydrogens (tertiary/aromatic N) is 2. The van der Waals surface area contributed by atoms with E-state index in [1.54, 1.807) is 18.2 Å². The molecule has 12 heavy (non-hydrogen) atoms. The molecular weight excluding hydrogens is 176 g/mol. The molecule has 0 spiro atoms. The normalized spacial score (nSPS) is 10.8. The number of benzene rings is 1. The van der Waals surface area contributed by atoms with Crippen molar-refractivity contribution in [2.45, 2.75) is 0 Å². The van der Waals surface area contributed by atoms with Gasteiger partial charge in [0.1, 0.15) is 0 Å². The van der Waals surface area contributed by atoms with Gasteiger partial charge in [0.2, 0.25) is 5.95 Å². The van der Waals surface area contributed by atoms with Gasteiger partial charge in [-0.2, -0.15) is 0 Å². The summed E-state index contributed by atoms with van der Waals surface area (Å²) in [4.78, 5) is 4.00. The molecule has 0 atom stereocenters. The summed E-state index contributed by atoms with van der Waals surface area (Å²) in [6, 6.07) is 5.24. The first-order chi connectivity index (χ1) is 5.68. The third-order valence-corrected chi connectivity index (χ3v) is 1.91. The number of rotatable bonds is 0. The van der Waals surface area contributed by atoms with Crippen LogP contribution in [0.15, 0.2) is 18.2 Å². The predicted octanol–water partition coefficient (Wildman–Crippen LogP) is 0.986. The third-order valence-electron chi connectivity index (χ3n) is 1.68. The molecule has 4 N–H and O–H groups in total. The first-order valence-corrected chi connectivity index (χ1v) is 3.75. The second-order valence-corrected chi connectivity index (χ2v) is 2.91. The number of anilines is 1. The first-order valence-electron chi connectivity index (χ1n) is 3.37. The number of halogens is 1. The monoisotopic (exact) mass is 182 g/mol. The summed E-state index contributed by atoms with van der Waals surface area (Å²) in [7, 11) is 0. The maximum absolute atomic E-state index is 5.75. The van der Waals surface area contributed by atoms with Gasteiger partial charge in [0, 0.05) is 5.02 Å². The van der Waals surface area contributed by atoms with Crippen LogP contribution in [0.4, 0.5) is 5.95 Å². The predicted molar refractivity (Wildman–Crippen MR) is 49.3 cm³/mol. The smallest absolute Gasteiger partial charge is 0.220 e. The molecule has 0 saturated carbocycles. The van der Waals surface area contributed by atoms with Gasteiger partial charge in [-0.15, -0.1) is 0 Å². The molecule has 0 aliphatic rings. The molecule has 0 aliphatic carbocycles. The van der Waals surface area contributed by atoms with Crippen LogP contribution >= 0.6 is 11.6 Å². The number of hydrogen-bond donors (Lipinski definition) is 2. The molecule has 0 radical (unpaired) electrons. The molecule has 1 aromatic carbocycles. The van der Waals surface area contributed by atoms with Crippen LogP contribution in [0.2, 0.25) is 5.02 Å². The maximum atomic E-state index is 5.75. The van der Waals surface area contributed by atoms with E-state index in [0.29, 0.717) is 10.5 Å². The Hall–Kier alpha value is -1.42. The van der Waals surface area contributed by atoms with Crippen molar-refractivity contribution < 1.29 is 0 Å². The lowest BCUT2D eigenvalue weighted by molar-refractivity contribution is 1.06. The summed E-state index contributed by atoms with van der Waals surface area (Å²) in [5, 5.41) is 0.626. The van der Waals surface area contributed by atoms with Crippen LogP contribution in [-0.4, -0.2) is 9.66 Å². The van der Waals surface area contributed by atoms with Gasteiger partial charge in [0.15, 0.2) is 0 Å². The average molecular weight is 183 g/mol. The summed E-state index contributed by atoms with van der Waals surface area (Å²) in [6.45, 7) is 0. The number of nitrogen functional groups attached to an aromatic ring is 2. The topological polar surface area (TPSA) is 69.9 Å². The first kappa shape index (κ1) is 7.24. The van der Waals surface area contributed by atoms with Crippen molar-refractivity contribution in [2.75, 3.05) is 11.6 Å². The molecule has 0 fully saturated rings. The van der Waals surface area contributed by atoms with Gasteiger partial charge >= 0.3 is 0 Å². The highest BCUT2D eigenvalue weighted by Gasteiger charge is 2.04. The molecule has 0 aliphatic heterocycles. The summed E-state index contributed by atoms with van der Waals surface area (Å²) in [5.41, 5.74) is 6.97. The van der Waals surface area contributed by atoms with Crippen LogP contribution in [0, 0.1) is 0 Å². The van der Waals surface area contributed by atoms with Gasteiger partial charge < -0.3 is 11.6 Å². The molecule has 0 bridgehead atoms. The number of imidazole rings is 1.